The molecule has 0 atom stereocenters. The largest absolute Gasteiger partial charge is 0.365 e. The lowest BCUT2D eigenvalue weighted by molar-refractivity contribution is -0.127. The Bertz CT molecular complexity index is 1320. The Morgan fingerprint density at radius 1 is 1.12 bits per heavy atom. The van der Waals surface area contributed by atoms with Crippen LogP contribution in [0.1, 0.15) is 47.2 Å². The number of aromatic nitrogens is 3. The summed E-state index contributed by atoms with van der Waals surface area (Å²) in [5, 5.41) is 3.42. The Morgan fingerprint density at radius 2 is 1.97 bits per heavy atom. The number of fused-ring (bicyclic) bond motifs is 2. The number of nitrogens with one attached hydrogen (secondary N) is 1. The Kier molecular flexibility index (Phi) is 5.53. The number of anilines is 1. The van der Waals surface area contributed by atoms with Gasteiger partial charge in [0.1, 0.15) is 5.56 Å². The van der Waals surface area contributed by atoms with Crippen molar-refractivity contribution < 1.29 is 9.59 Å². The van der Waals surface area contributed by atoms with Crippen LogP contribution in [-0.4, -0.2) is 50.9 Å². The van der Waals surface area contributed by atoms with Crippen molar-refractivity contribution in [2.45, 2.75) is 38.5 Å². The molecule has 1 saturated heterocycles. The van der Waals surface area contributed by atoms with Crippen LogP contribution in [0, 0.1) is 0 Å². The van der Waals surface area contributed by atoms with Crippen molar-refractivity contribution in [3.8, 4) is 5.69 Å². The minimum absolute atomic E-state index is 0.0948. The second-order valence-corrected chi connectivity index (χ2v) is 8.61. The van der Waals surface area contributed by atoms with Crippen LogP contribution in [0.4, 0.5) is 5.95 Å². The van der Waals surface area contributed by atoms with E-state index in [1.165, 1.54) is 23.5 Å². The summed E-state index contributed by atoms with van der Waals surface area (Å²) in [5.74, 6) is -0.188. The van der Waals surface area contributed by atoms with Gasteiger partial charge in [-0.2, -0.15) is 4.98 Å². The van der Waals surface area contributed by atoms with E-state index in [0.29, 0.717) is 31.1 Å². The molecule has 3 aromatic rings. The first-order chi connectivity index (χ1) is 16.0. The van der Waals surface area contributed by atoms with Gasteiger partial charge < -0.3 is 20.5 Å². The SMILES string of the molecule is NC(=O)c1cn(-c2ccc3c(c2)CCC3)c2nc(NCCCN3CCCC3=O)ncc2c1=O. The lowest BCUT2D eigenvalue weighted by Gasteiger charge is -2.16. The van der Waals surface area contributed by atoms with E-state index >= 15 is 0 Å². The lowest BCUT2D eigenvalue weighted by atomic mass is 10.1. The van der Waals surface area contributed by atoms with Crippen LogP contribution in [0.25, 0.3) is 16.7 Å². The number of aryl methyl sites for hydroxylation is 2. The summed E-state index contributed by atoms with van der Waals surface area (Å²) in [6, 6.07) is 6.14. The van der Waals surface area contributed by atoms with Gasteiger partial charge in [0, 0.05) is 44.1 Å². The summed E-state index contributed by atoms with van der Waals surface area (Å²) >= 11 is 0. The third kappa shape index (κ3) is 4.06. The minimum atomic E-state index is -0.782. The molecule has 9 heteroatoms. The molecule has 1 fully saturated rings. The highest BCUT2D eigenvalue weighted by Crippen LogP contribution is 2.26. The highest BCUT2D eigenvalue weighted by Gasteiger charge is 2.20. The first-order valence-corrected chi connectivity index (χ1v) is 11.4. The normalized spacial score (nSPS) is 15.3. The molecule has 0 unspecified atom stereocenters. The van der Waals surface area contributed by atoms with Gasteiger partial charge in [-0.1, -0.05) is 6.07 Å². The molecule has 1 aliphatic heterocycles. The van der Waals surface area contributed by atoms with E-state index in [9.17, 15) is 14.4 Å². The predicted octanol–water partition coefficient (Wildman–Crippen LogP) is 1.79. The number of hydrogen-bond donors (Lipinski definition) is 2. The summed E-state index contributed by atoms with van der Waals surface area (Å²) in [7, 11) is 0. The second-order valence-electron chi connectivity index (χ2n) is 8.61. The predicted molar refractivity (Wildman–Crippen MR) is 125 cm³/mol. The van der Waals surface area contributed by atoms with E-state index in [4.69, 9.17) is 5.73 Å². The van der Waals surface area contributed by atoms with Crippen molar-refractivity contribution in [1.82, 2.24) is 19.4 Å². The van der Waals surface area contributed by atoms with E-state index in [2.05, 4.69) is 27.4 Å². The number of likely N-dealkylation sites (tertiary alicyclic amines) is 1. The zero-order valence-corrected chi connectivity index (χ0v) is 18.3. The van der Waals surface area contributed by atoms with Crippen molar-refractivity contribution in [2.24, 2.45) is 5.73 Å². The quantitative estimate of drug-likeness (QED) is 0.534. The van der Waals surface area contributed by atoms with Crippen molar-refractivity contribution in [3.63, 3.8) is 0 Å². The first-order valence-electron chi connectivity index (χ1n) is 11.4. The van der Waals surface area contributed by atoms with Crippen LogP contribution in [0.5, 0.6) is 0 Å². The average molecular weight is 447 g/mol. The zero-order chi connectivity index (χ0) is 22.9. The number of benzene rings is 1. The molecule has 9 nitrogen and oxygen atoms in total. The number of pyridine rings is 1. The van der Waals surface area contributed by atoms with Gasteiger partial charge in [0.2, 0.25) is 17.3 Å². The van der Waals surface area contributed by atoms with Crippen LogP contribution in [-0.2, 0) is 17.6 Å². The Morgan fingerprint density at radius 3 is 2.76 bits per heavy atom. The van der Waals surface area contributed by atoms with Gasteiger partial charge >= 0.3 is 0 Å². The molecular weight excluding hydrogens is 420 g/mol. The number of primary amides is 1. The number of carbonyl (C=O) groups is 2. The Labute approximate surface area is 190 Å². The van der Waals surface area contributed by atoms with Crippen LogP contribution in [0.3, 0.4) is 0 Å². The van der Waals surface area contributed by atoms with Crippen LogP contribution in [0.15, 0.2) is 35.4 Å². The maximum absolute atomic E-state index is 12.8. The molecule has 3 N–H and O–H groups in total. The number of nitrogens with two attached hydrogens (primary N) is 1. The van der Waals surface area contributed by atoms with Crippen molar-refractivity contribution in [2.75, 3.05) is 25.0 Å². The van der Waals surface area contributed by atoms with E-state index in [1.807, 2.05) is 11.0 Å². The fourth-order valence-corrected chi connectivity index (χ4v) is 4.69. The maximum atomic E-state index is 12.8. The summed E-state index contributed by atoms with van der Waals surface area (Å²) in [5.41, 5.74) is 8.74. The van der Waals surface area contributed by atoms with Crippen molar-refractivity contribution >= 4 is 28.8 Å². The molecule has 5 rings (SSSR count). The molecule has 0 saturated carbocycles. The van der Waals surface area contributed by atoms with Gasteiger partial charge in [-0.3, -0.25) is 14.4 Å². The number of amides is 2. The third-order valence-corrected chi connectivity index (χ3v) is 6.43. The molecule has 3 heterocycles. The molecule has 2 aromatic heterocycles. The van der Waals surface area contributed by atoms with Crippen molar-refractivity contribution in [3.05, 3.63) is 57.5 Å². The molecule has 1 aromatic carbocycles. The zero-order valence-electron chi connectivity index (χ0n) is 18.3. The number of nitrogens with zero attached hydrogens (tertiary/aromatic N) is 4. The highest BCUT2D eigenvalue weighted by molar-refractivity contribution is 5.96. The third-order valence-electron chi connectivity index (χ3n) is 6.43. The first kappa shape index (κ1) is 21.1. The highest BCUT2D eigenvalue weighted by atomic mass is 16.2. The molecule has 2 amide bonds. The molecular formula is C24H26N6O3. The molecule has 0 radical (unpaired) electrons. The van der Waals surface area contributed by atoms with Crippen LogP contribution in [0.2, 0.25) is 0 Å². The fraction of sp³-hybridized carbons (Fsp3) is 0.375. The molecule has 170 valence electrons. The minimum Gasteiger partial charge on any atom is -0.365 e. The second kappa shape index (κ2) is 8.65. The molecule has 1 aliphatic carbocycles. The summed E-state index contributed by atoms with van der Waals surface area (Å²) < 4.78 is 1.74. The Balaban J connectivity index is 1.47. The summed E-state index contributed by atoms with van der Waals surface area (Å²) in [6.07, 6.45) is 8.42. The van der Waals surface area contributed by atoms with Gasteiger partial charge in [-0.15, -0.1) is 0 Å². The Hall–Kier alpha value is -3.75. The average Bonchev–Trinajstić information content (AvgIpc) is 3.45. The molecule has 33 heavy (non-hydrogen) atoms. The number of rotatable bonds is 7. The fourth-order valence-electron chi connectivity index (χ4n) is 4.69. The van der Waals surface area contributed by atoms with Crippen LogP contribution >= 0.6 is 0 Å². The van der Waals surface area contributed by atoms with Gasteiger partial charge in [-0.05, 0) is 55.4 Å². The van der Waals surface area contributed by atoms with Gasteiger partial charge in [-0.25, -0.2) is 4.98 Å². The standard InChI is InChI=1S/C24H26N6O3/c25-22(33)19-14-30(17-8-7-15-4-1-5-16(15)12-17)23-18(21(19)32)13-27-24(28-23)26-9-3-11-29-10-2-6-20(29)31/h7-8,12-14H,1-6,9-11H2,(H2,25,33)(H,26,27,28). The van der Waals surface area contributed by atoms with Gasteiger partial charge in [0.25, 0.3) is 5.91 Å². The number of hydrogen-bond acceptors (Lipinski definition) is 6. The van der Waals surface area contributed by atoms with Crippen LogP contribution < -0.4 is 16.5 Å². The molecule has 0 bridgehead atoms. The van der Waals surface area contributed by atoms with E-state index in [1.54, 1.807) is 4.57 Å². The van der Waals surface area contributed by atoms with E-state index in [-0.39, 0.29) is 16.9 Å². The van der Waals surface area contributed by atoms with Crippen molar-refractivity contribution in [1.29, 1.82) is 0 Å². The topological polar surface area (TPSA) is 123 Å². The van der Waals surface area contributed by atoms with E-state index in [0.717, 1.165) is 44.3 Å². The smallest absolute Gasteiger partial charge is 0.254 e. The lowest BCUT2D eigenvalue weighted by Crippen LogP contribution is -2.27. The molecule has 2 aliphatic rings. The number of carbonyl (C=O) groups excluding carboxylic acids is 2. The molecule has 0 spiro atoms. The summed E-state index contributed by atoms with van der Waals surface area (Å²) in [6.45, 7) is 2.11. The monoisotopic (exact) mass is 446 g/mol. The van der Waals surface area contributed by atoms with E-state index < -0.39 is 11.3 Å². The van der Waals surface area contributed by atoms with Gasteiger partial charge in [0.15, 0.2) is 5.65 Å². The van der Waals surface area contributed by atoms with Gasteiger partial charge in [0.05, 0.1) is 5.39 Å². The summed E-state index contributed by atoms with van der Waals surface area (Å²) in [4.78, 5) is 47.3. The maximum Gasteiger partial charge on any atom is 0.254 e.